The number of aliphatic carboxylic acids is 1. The van der Waals surface area contributed by atoms with Crippen molar-refractivity contribution in [3.63, 3.8) is 0 Å². The van der Waals surface area contributed by atoms with E-state index in [2.05, 4.69) is 19.2 Å². The lowest BCUT2D eigenvalue weighted by Crippen LogP contribution is -2.40. The molecular weight excluding hydrogens is 321 g/mol. The van der Waals surface area contributed by atoms with Crippen LogP contribution < -0.4 is 5.32 Å². The first kappa shape index (κ1) is 17.9. The number of halogens is 1. The van der Waals surface area contributed by atoms with Crippen LogP contribution in [0.5, 0.6) is 0 Å². The van der Waals surface area contributed by atoms with Gasteiger partial charge in [0.1, 0.15) is 5.82 Å². The lowest BCUT2D eigenvalue weighted by atomic mass is 9.81. The Labute approximate surface area is 147 Å². The van der Waals surface area contributed by atoms with E-state index >= 15 is 0 Å². The van der Waals surface area contributed by atoms with Crippen LogP contribution >= 0.6 is 0 Å². The number of rotatable bonds is 5. The summed E-state index contributed by atoms with van der Waals surface area (Å²) in [5.74, 6) is -0.901. The summed E-state index contributed by atoms with van der Waals surface area (Å²) >= 11 is 0. The quantitative estimate of drug-likeness (QED) is 0.857. The maximum absolute atomic E-state index is 13.2. The third-order valence-corrected chi connectivity index (χ3v) is 6.21. The Morgan fingerprint density at radius 2 is 1.72 bits per heavy atom. The summed E-state index contributed by atoms with van der Waals surface area (Å²) in [6.07, 6.45) is 3.80. The van der Waals surface area contributed by atoms with Gasteiger partial charge in [0.25, 0.3) is 0 Å². The van der Waals surface area contributed by atoms with Gasteiger partial charge >= 0.3 is 5.97 Å². The molecule has 1 unspecified atom stereocenters. The van der Waals surface area contributed by atoms with Crippen molar-refractivity contribution >= 4 is 11.9 Å². The molecule has 2 aliphatic rings. The summed E-state index contributed by atoms with van der Waals surface area (Å²) in [6.45, 7) is 4.71. The molecule has 1 aromatic rings. The first-order valence-electron chi connectivity index (χ1n) is 9.03. The Morgan fingerprint density at radius 3 is 2.20 bits per heavy atom. The molecule has 1 amide bonds. The molecule has 5 heteroatoms. The molecule has 25 heavy (non-hydrogen) atoms. The van der Waals surface area contributed by atoms with Gasteiger partial charge < -0.3 is 10.4 Å². The second kappa shape index (κ2) is 6.43. The molecule has 4 nitrogen and oxygen atoms in total. The van der Waals surface area contributed by atoms with E-state index in [0.29, 0.717) is 25.3 Å². The molecule has 2 saturated carbocycles. The number of carboxylic acids is 1. The van der Waals surface area contributed by atoms with Crippen molar-refractivity contribution in [3.05, 3.63) is 35.6 Å². The Morgan fingerprint density at radius 1 is 1.16 bits per heavy atom. The highest BCUT2D eigenvalue weighted by Gasteiger charge is 2.67. The number of amides is 1. The second-order valence-electron chi connectivity index (χ2n) is 8.24. The van der Waals surface area contributed by atoms with Gasteiger partial charge in [0.05, 0.1) is 11.3 Å². The van der Waals surface area contributed by atoms with Crippen LogP contribution in [0.3, 0.4) is 0 Å². The highest BCUT2D eigenvalue weighted by Crippen LogP contribution is 2.64. The smallest absolute Gasteiger partial charge is 0.306 e. The molecule has 0 saturated heterocycles. The van der Waals surface area contributed by atoms with Crippen LogP contribution in [0.4, 0.5) is 4.39 Å². The molecule has 0 aliphatic heterocycles. The minimum Gasteiger partial charge on any atom is -0.481 e. The van der Waals surface area contributed by atoms with Crippen molar-refractivity contribution in [1.29, 1.82) is 0 Å². The SMILES string of the molecule is CC1(C)CC1(C(=O)NCC1CCC(C(=O)O)CC1)c1ccc(F)cc1. The van der Waals surface area contributed by atoms with Crippen molar-refractivity contribution in [2.75, 3.05) is 6.54 Å². The van der Waals surface area contributed by atoms with Gasteiger partial charge in [0, 0.05) is 6.54 Å². The zero-order valence-corrected chi connectivity index (χ0v) is 14.8. The van der Waals surface area contributed by atoms with Crippen molar-refractivity contribution in [2.45, 2.75) is 51.4 Å². The number of nitrogens with one attached hydrogen (secondary N) is 1. The Hall–Kier alpha value is -1.91. The largest absolute Gasteiger partial charge is 0.481 e. The molecule has 0 heterocycles. The van der Waals surface area contributed by atoms with E-state index < -0.39 is 11.4 Å². The maximum atomic E-state index is 13.2. The van der Waals surface area contributed by atoms with E-state index in [1.54, 1.807) is 12.1 Å². The van der Waals surface area contributed by atoms with Crippen LogP contribution in [0.15, 0.2) is 24.3 Å². The molecule has 136 valence electrons. The summed E-state index contributed by atoms with van der Waals surface area (Å²) < 4.78 is 13.2. The molecular formula is C20H26FNO3. The van der Waals surface area contributed by atoms with Crippen molar-refractivity contribution < 1.29 is 19.1 Å². The number of carbonyl (C=O) groups excluding carboxylic acids is 1. The van der Waals surface area contributed by atoms with Gasteiger partial charge in [0.2, 0.25) is 5.91 Å². The van der Waals surface area contributed by atoms with Crippen LogP contribution in [0.25, 0.3) is 0 Å². The van der Waals surface area contributed by atoms with Crippen molar-refractivity contribution in [2.24, 2.45) is 17.3 Å². The summed E-state index contributed by atoms with van der Waals surface area (Å²) in [5.41, 5.74) is 0.139. The fraction of sp³-hybridized carbons (Fsp3) is 0.600. The molecule has 1 aromatic carbocycles. The lowest BCUT2D eigenvalue weighted by Gasteiger charge is -2.27. The predicted molar refractivity (Wildman–Crippen MR) is 92.6 cm³/mol. The average Bonchev–Trinajstić information content (AvgIpc) is 3.17. The molecule has 2 N–H and O–H groups in total. The van der Waals surface area contributed by atoms with E-state index in [-0.39, 0.29) is 23.1 Å². The Kier molecular flexibility index (Phi) is 4.60. The van der Waals surface area contributed by atoms with Gasteiger partial charge in [-0.15, -0.1) is 0 Å². The first-order valence-corrected chi connectivity index (χ1v) is 9.03. The number of hydrogen-bond acceptors (Lipinski definition) is 2. The fourth-order valence-corrected chi connectivity index (χ4v) is 4.37. The Balaban J connectivity index is 1.62. The highest BCUT2D eigenvalue weighted by molar-refractivity contribution is 5.93. The van der Waals surface area contributed by atoms with Crippen molar-refractivity contribution in [1.82, 2.24) is 5.32 Å². The van der Waals surface area contributed by atoms with Crippen LogP contribution in [0, 0.1) is 23.1 Å². The third kappa shape index (κ3) is 3.29. The average molecular weight is 347 g/mol. The minimum atomic E-state index is -0.711. The van der Waals surface area contributed by atoms with E-state index in [1.165, 1.54) is 12.1 Å². The van der Waals surface area contributed by atoms with Gasteiger partial charge in [-0.2, -0.15) is 0 Å². The molecule has 0 bridgehead atoms. The molecule has 1 atom stereocenters. The van der Waals surface area contributed by atoms with Gasteiger partial charge in [-0.25, -0.2) is 4.39 Å². The number of carboxylic acid groups (broad SMARTS) is 1. The molecule has 0 aromatic heterocycles. The zero-order valence-electron chi connectivity index (χ0n) is 14.8. The normalized spacial score (nSPS) is 30.5. The Bertz CT molecular complexity index is 662. The van der Waals surface area contributed by atoms with Crippen LogP contribution in [-0.4, -0.2) is 23.5 Å². The maximum Gasteiger partial charge on any atom is 0.306 e. The van der Waals surface area contributed by atoms with Gasteiger partial charge in [-0.3, -0.25) is 9.59 Å². The van der Waals surface area contributed by atoms with E-state index in [4.69, 9.17) is 5.11 Å². The monoisotopic (exact) mass is 347 g/mol. The summed E-state index contributed by atoms with van der Waals surface area (Å²) in [4.78, 5) is 24.0. The fourth-order valence-electron chi connectivity index (χ4n) is 4.37. The topological polar surface area (TPSA) is 66.4 Å². The standard InChI is InChI=1S/C20H26FNO3/c1-19(2)12-20(19,15-7-9-16(21)10-8-15)18(25)22-11-13-3-5-14(6-4-13)17(23)24/h7-10,13-14H,3-6,11-12H2,1-2H3,(H,22,25)(H,23,24). The predicted octanol–water partition coefficient (Wildman–Crippen LogP) is 3.50. The van der Waals surface area contributed by atoms with Crippen LogP contribution in [0.2, 0.25) is 0 Å². The zero-order chi connectivity index (χ0) is 18.2. The lowest BCUT2D eigenvalue weighted by molar-refractivity contribution is -0.143. The van der Waals surface area contributed by atoms with Gasteiger partial charge in [-0.05, 0) is 61.1 Å². The highest BCUT2D eigenvalue weighted by atomic mass is 19.1. The molecule has 2 fully saturated rings. The summed E-state index contributed by atoms with van der Waals surface area (Å²) in [6, 6.07) is 6.24. The van der Waals surface area contributed by atoms with Crippen LogP contribution in [0.1, 0.15) is 51.5 Å². The van der Waals surface area contributed by atoms with Gasteiger partial charge in [-0.1, -0.05) is 26.0 Å². The minimum absolute atomic E-state index is 0.00414. The van der Waals surface area contributed by atoms with E-state index in [9.17, 15) is 14.0 Å². The molecule has 2 aliphatic carbocycles. The molecule has 0 spiro atoms. The van der Waals surface area contributed by atoms with E-state index in [1.807, 2.05) is 0 Å². The summed E-state index contributed by atoms with van der Waals surface area (Å²) in [7, 11) is 0. The third-order valence-electron chi connectivity index (χ3n) is 6.21. The second-order valence-corrected chi connectivity index (χ2v) is 8.24. The molecule has 3 rings (SSSR count). The van der Waals surface area contributed by atoms with Crippen LogP contribution in [-0.2, 0) is 15.0 Å². The first-order chi connectivity index (χ1) is 11.8. The van der Waals surface area contributed by atoms with E-state index in [0.717, 1.165) is 24.8 Å². The molecule has 0 radical (unpaired) electrons. The van der Waals surface area contributed by atoms with Gasteiger partial charge in [0.15, 0.2) is 0 Å². The summed E-state index contributed by atoms with van der Waals surface area (Å²) in [5, 5.41) is 12.2. The number of hydrogen-bond donors (Lipinski definition) is 2. The number of carbonyl (C=O) groups is 2. The van der Waals surface area contributed by atoms with Crippen molar-refractivity contribution in [3.8, 4) is 0 Å². The number of benzene rings is 1.